The van der Waals surface area contributed by atoms with Crippen molar-refractivity contribution < 1.29 is 44.3 Å². The number of amides is 1. The number of fused-ring (bicyclic) bond motifs is 1. The van der Waals surface area contributed by atoms with Crippen LogP contribution in [-0.2, 0) is 31.0 Å². The zero-order chi connectivity index (χ0) is 30.0. The summed E-state index contributed by atoms with van der Waals surface area (Å²) >= 11 is 5.57. The molecule has 0 saturated carbocycles. The summed E-state index contributed by atoms with van der Waals surface area (Å²) in [5, 5.41) is 2.02. The first-order valence-electron chi connectivity index (χ1n) is 11.8. The third kappa shape index (κ3) is 7.54. The highest BCUT2D eigenvalue weighted by molar-refractivity contribution is 7.92. The number of hydrogen-bond acceptors (Lipinski definition) is 7. The van der Waals surface area contributed by atoms with Gasteiger partial charge < -0.3 is 14.8 Å². The third-order valence-electron chi connectivity index (χ3n) is 5.78. The molecule has 3 aromatic carbocycles. The number of benzene rings is 3. The Labute approximate surface area is 239 Å². The van der Waals surface area contributed by atoms with Crippen LogP contribution in [0.1, 0.15) is 18.4 Å². The number of sulfonamides is 2. The van der Waals surface area contributed by atoms with Gasteiger partial charge in [0.25, 0.3) is 10.0 Å². The molecule has 0 atom stereocenters. The van der Waals surface area contributed by atoms with Crippen molar-refractivity contribution in [2.24, 2.45) is 0 Å². The van der Waals surface area contributed by atoms with E-state index < -0.39 is 42.7 Å². The molecule has 0 aromatic heterocycles. The number of ether oxygens (including phenoxy) is 2. The fourth-order valence-electron chi connectivity index (χ4n) is 3.87. The standard InChI is InChI=1S/C25H23ClF3N3O7S2/c1-40(34,35)32(18-7-11-22-23(14-18)39-15-38-22)12-2-3-24(33)30-16-4-8-19(9-5-16)41(36,37)31-17-6-10-21(26)20(13-17)25(27,28)29/h4-11,13-14,31H,2-3,12,15H2,1H3,(H,30,33). The minimum atomic E-state index is -4.77. The molecular formula is C25H23ClF3N3O7S2. The number of carbonyl (C=O) groups is 1. The second-order valence-electron chi connectivity index (χ2n) is 8.85. The molecule has 3 aromatic rings. The number of anilines is 3. The molecule has 16 heteroatoms. The number of halogens is 4. The van der Waals surface area contributed by atoms with Crippen molar-refractivity contribution in [1.29, 1.82) is 0 Å². The van der Waals surface area contributed by atoms with Gasteiger partial charge in [-0.25, -0.2) is 16.8 Å². The van der Waals surface area contributed by atoms with Crippen LogP contribution >= 0.6 is 11.6 Å². The first kappa shape index (κ1) is 30.3. The molecule has 0 spiro atoms. The highest BCUT2D eigenvalue weighted by Gasteiger charge is 2.33. The van der Waals surface area contributed by atoms with Gasteiger partial charge in [0.05, 0.1) is 27.4 Å². The van der Waals surface area contributed by atoms with Gasteiger partial charge in [0.15, 0.2) is 11.5 Å². The lowest BCUT2D eigenvalue weighted by molar-refractivity contribution is -0.137. The predicted molar refractivity (Wildman–Crippen MR) is 146 cm³/mol. The van der Waals surface area contributed by atoms with Gasteiger partial charge >= 0.3 is 6.18 Å². The van der Waals surface area contributed by atoms with Crippen molar-refractivity contribution in [1.82, 2.24) is 0 Å². The summed E-state index contributed by atoms with van der Waals surface area (Å²) in [5.74, 6) is 0.462. The molecule has 0 saturated heterocycles. The van der Waals surface area contributed by atoms with Crippen LogP contribution in [0, 0.1) is 0 Å². The van der Waals surface area contributed by atoms with Crippen LogP contribution in [0.3, 0.4) is 0 Å². The molecule has 1 aliphatic rings. The van der Waals surface area contributed by atoms with E-state index in [4.69, 9.17) is 21.1 Å². The van der Waals surface area contributed by atoms with Crippen molar-refractivity contribution in [3.8, 4) is 11.5 Å². The Kier molecular flexibility index (Phi) is 8.61. The van der Waals surface area contributed by atoms with Gasteiger partial charge in [-0.15, -0.1) is 0 Å². The van der Waals surface area contributed by atoms with E-state index in [1.54, 1.807) is 12.1 Å². The van der Waals surface area contributed by atoms with Gasteiger partial charge in [-0.05, 0) is 61.0 Å². The lowest BCUT2D eigenvalue weighted by Gasteiger charge is -2.22. The molecular weight excluding hydrogens is 611 g/mol. The molecule has 1 amide bonds. The number of carbonyl (C=O) groups excluding carboxylic acids is 1. The summed E-state index contributed by atoms with van der Waals surface area (Å²) in [5.41, 5.74) is -0.901. The highest BCUT2D eigenvalue weighted by Crippen LogP contribution is 2.37. The molecule has 1 aliphatic heterocycles. The maximum atomic E-state index is 13.1. The van der Waals surface area contributed by atoms with E-state index in [0.717, 1.165) is 22.7 Å². The molecule has 41 heavy (non-hydrogen) atoms. The maximum Gasteiger partial charge on any atom is 0.417 e. The quantitative estimate of drug-likeness (QED) is 0.319. The number of hydrogen-bond donors (Lipinski definition) is 2. The maximum absolute atomic E-state index is 13.1. The minimum absolute atomic E-state index is 0.00942. The lowest BCUT2D eigenvalue weighted by Crippen LogP contribution is -2.31. The van der Waals surface area contributed by atoms with E-state index in [9.17, 15) is 34.8 Å². The van der Waals surface area contributed by atoms with Gasteiger partial charge in [-0.3, -0.25) is 13.8 Å². The minimum Gasteiger partial charge on any atom is -0.454 e. The van der Waals surface area contributed by atoms with Gasteiger partial charge in [0.2, 0.25) is 22.7 Å². The topological polar surface area (TPSA) is 131 Å². The Balaban J connectivity index is 1.35. The molecule has 220 valence electrons. The van der Waals surface area contributed by atoms with Crippen LogP contribution in [0.15, 0.2) is 65.6 Å². The molecule has 4 rings (SSSR count). The van der Waals surface area contributed by atoms with Crippen molar-refractivity contribution in [3.05, 3.63) is 71.2 Å². The molecule has 0 unspecified atom stereocenters. The van der Waals surface area contributed by atoms with E-state index in [1.165, 1.54) is 30.3 Å². The fraction of sp³-hybridized carbons (Fsp3) is 0.240. The van der Waals surface area contributed by atoms with Crippen molar-refractivity contribution in [2.45, 2.75) is 23.9 Å². The Bertz CT molecular complexity index is 1670. The average Bonchev–Trinajstić information content (AvgIpc) is 3.34. The van der Waals surface area contributed by atoms with E-state index >= 15 is 0 Å². The van der Waals surface area contributed by atoms with Crippen molar-refractivity contribution in [2.75, 3.05) is 33.9 Å². The van der Waals surface area contributed by atoms with Crippen molar-refractivity contribution in [3.63, 3.8) is 0 Å². The lowest BCUT2D eigenvalue weighted by atomic mass is 10.2. The van der Waals surface area contributed by atoms with E-state index in [1.807, 2.05) is 0 Å². The Morgan fingerprint density at radius 2 is 1.61 bits per heavy atom. The molecule has 0 fully saturated rings. The SMILES string of the molecule is CS(=O)(=O)N(CCCC(=O)Nc1ccc(S(=O)(=O)Nc2ccc(Cl)c(C(F)(F)F)c2)cc1)c1ccc2c(c1)OCO2. The average molecular weight is 634 g/mol. The first-order chi connectivity index (χ1) is 19.1. The zero-order valence-corrected chi connectivity index (χ0v) is 23.6. The van der Waals surface area contributed by atoms with E-state index in [2.05, 4.69) is 10.0 Å². The number of rotatable bonds is 10. The number of nitrogens with one attached hydrogen (secondary N) is 2. The number of nitrogens with zero attached hydrogens (tertiary/aromatic N) is 1. The van der Waals surface area contributed by atoms with Crippen LogP contribution < -0.4 is 23.8 Å². The highest BCUT2D eigenvalue weighted by atomic mass is 35.5. The molecule has 2 N–H and O–H groups in total. The van der Waals surface area contributed by atoms with Crippen LogP contribution in [0.2, 0.25) is 5.02 Å². The fourth-order valence-corrected chi connectivity index (χ4v) is 6.10. The summed E-state index contributed by atoms with van der Waals surface area (Å²) < 4.78 is 103. The van der Waals surface area contributed by atoms with E-state index in [-0.39, 0.29) is 42.4 Å². The van der Waals surface area contributed by atoms with Crippen LogP contribution in [0.4, 0.5) is 30.2 Å². The first-order valence-corrected chi connectivity index (χ1v) is 15.5. The van der Waals surface area contributed by atoms with Gasteiger partial charge in [0, 0.05) is 30.4 Å². The summed E-state index contributed by atoms with van der Waals surface area (Å²) in [6, 6.07) is 12.3. The Morgan fingerprint density at radius 1 is 0.951 bits per heavy atom. The van der Waals surface area contributed by atoms with Gasteiger partial charge in [0.1, 0.15) is 0 Å². The summed E-state index contributed by atoms with van der Waals surface area (Å²) in [6.07, 6.45) is -3.60. The monoisotopic (exact) mass is 633 g/mol. The molecule has 1 heterocycles. The Hall–Kier alpha value is -3.69. The second-order valence-corrected chi connectivity index (χ2v) is 12.8. The third-order valence-corrected chi connectivity index (χ3v) is 8.70. The Morgan fingerprint density at radius 3 is 2.27 bits per heavy atom. The largest absolute Gasteiger partial charge is 0.454 e. The molecule has 0 bridgehead atoms. The zero-order valence-electron chi connectivity index (χ0n) is 21.2. The van der Waals surface area contributed by atoms with Gasteiger partial charge in [-0.1, -0.05) is 11.6 Å². The van der Waals surface area contributed by atoms with Crippen LogP contribution in [-0.4, -0.2) is 42.3 Å². The van der Waals surface area contributed by atoms with Crippen LogP contribution in [0.25, 0.3) is 0 Å². The van der Waals surface area contributed by atoms with E-state index in [0.29, 0.717) is 23.3 Å². The molecule has 10 nitrogen and oxygen atoms in total. The predicted octanol–water partition coefficient (Wildman–Crippen LogP) is 5.07. The van der Waals surface area contributed by atoms with Crippen molar-refractivity contribution >= 4 is 54.6 Å². The smallest absolute Gasteiger partial charge is 0.417 e. The summed E-state index contributed by atoms with van der Waals surface area (Å²) in [6.45, 7) is 0.0436. The molecule has 0 radical (unpaired) electrons. The second kappa shape index (κ2) is 11.7. The summed E-state index contributed by atoms with van der Waals surface area (Å²) in [7, 11) is -7.92. The van der Waals surface area contributed by atoms with Crippen LogP contribution in [0.5, 0.6) is 11.5 Å². The summed E-state index contributed by atoms with van der Waals surface area (Å²) in [4.78, 5) is 12.2. The number of alkyl halides is 3. The van der Waals surface area contributed by atoms with Gasteiger partial charge in [-0.2, -0.15) is 13.2 Å². The molecule has 0 aliphatic carbocycles. The normalized spacial score (nSPS) is 13.1.